The van der Waals surface area contributed by atoms with Crippen LogP contribution in [0.5, 0.6) is 0 Å². The number of aromatic nitrogens is 1. The van der Waals surface area contributed by atoms with Crippen LogP contribution in [0.15, 0.2) is 23.1 Å². The zero-order chi connectivity index (χ0) is 61.5. The zero-order valence-electron chi connectivity index (χ0n) is 50.5. The summed E-state index contributed by atoms with van der Waals surface area (Å²) in [5.74, 6) is -4.68. The highest BCUT2D eigenvalue weighted by Gasteiger charge is 2.54. The van der Waals surface area contributed by atoms with Gasteiger partial charge in [-0.2, -0.15) is 0 Å². The normalized spacial score (nSPS) is 36.3. The van der Waals surface area contributed by atoms with E-state index in [-0.39, 0.29) is 54.3 Å². The number of nitrogens with one attached hydrogen (secondary N) is 2. The number of cyclic esters (lactones) is 1. The Morgan fingerprint density at radius 3 is 2.20 bits per heavy atom. The maximum Gasteiger partial charge on any atom is 0.341 e. The highest BCUT2D eigenvalue weighted by molar-refractivity contribution is 14.1. The van der Waals surface area contributed by atoms with Gasteiger partial charge in [0.25, 0.3) is 0 Å². The van der Waals surface area contributed by atoms with Crippen LogP contribution in [-0.2, 0) is 52.2 Å². The minimum Gasteiger partial charge on any atom is -0.477 e. The fourth-order valence-corrected chi connectivity index (χ4v) is 12.8. The molecule has 4 fully saturated rings. The molecule has 4 aliphatic rings. The van der Waals surface area contributed by atoms with Crippen molar-refractivity contribution in [2.45, 2.75) is 195 Å². The Kier molecular flexibility index (Phi) is 24.9. The lowest BCUT2D eigenvalue weighted by Crippen LogP contribution is -2.61. The van der Waals surface area contributed by atoms with Crippen LogP contribution in [0.2, 0.25) is 5.02 Å². The van der Waals surface area contributed by atoms with Gasteiger partial charge in [-0.1, -0.05) is 25.4 Å². The monoisotopic (exact) mass is 1310 g/mol. The van der Waals surface area contributed by atoms with Gasteiger partial charge in [-0.3, -0.25) is 14.4 Å². The molecule has 2 aromatic rings. The Morgan fingerprint density at radius 1 is 0.916 bits per heavy atom. The van der Waals surface area contributed by atoms with Crippen molar-refractivity contribution in [2.24, 2.45) is 17.8 Å². The van der Waals surface area contributed by atoms with E-state index in [1.54, 1.807) is 53.7 Å². The number of hydrogen-bond acceptors (Lipinski definition) is 21. The van der Waals surface area contributed by atoms with Gasteiger partial charge in [0, 0.05) is 75.3 Å². The number of alkyl halides is 1. The lowest BCUT2D eigenvalue weighted by Gasteiger charge is -2.49. The van der Waals surface area contributed by atoms with Gasteiger partial charge in [-0.25, -0.2) is 4.79 Å². The van der Waals surface area contributed by atoms with Crippen molar-refractivity contribution in [1.82, 2.24) is 19.7 Å². The fourth-order valence-electron chi connectivity index (χ4n) is 11.9. The maximum absolute atomic E-state index is 14.4. The molecule has 4 heterocycles. The second-order valence-corrected chi connectivity index (χ2v) is 25.9. The predicted octanol–water partition coefficient (Wildman–Crippen LogP) is 4.56. The quantitative estimate of drug-likeness (QED) is 0.0368. The van der Waals surface area contributed by atoms with Gasteiger partial charge in [0.1, 0.15) is 29.0 Å². The first kappa shape index (κ1) is 69.2. The number of rotatable bonds is 22. The van der Waals surface area contributed by atoms with Crippen LogP contribution in [0.3, 0.4) is 0 Å². The number of nitrogens with zero attached hydrogens (tertiary/aromatic N) is 3. The molecule has 83 heavy (non-hydrogen) atoms. The van der Waals surface area contributed by atoms with Gasteiger partial charge < -0.3 is 93.2 Å². The number of carbonyl (C=O) groups is 3. The highest BCUT2D eigenvalue weighted by atomic mass is 127. The number of hydrogen-bond donors (Lipinski definition) is 7. The van der Waals surface area contributed by atoms with Crippen molar-refractivity contribution in [3.8, 4) is 0 Å². The van der Waals surface area contributed by atoms with Crippen LogP contribution in [0.4, 0.5) is 5.69 Å². The number of fused-ring (bicyclic) bond motifs is 1. The summed E-state index contributed by atoms with van der Waals surface area (Å²) in [5, 5.41) is 64.4. The van der Waals surface area contributed by atoms with Gasteiger partial charge >= 0.3 is 17.9 Å². The number of methoxy groups -OCH3 is 1. The molecule has 0 amide bonds. The van der Waals surface area contributed by atoms with Gasteiger partial charge in [0.2, 0.25) is 5.43 Å². The third-order valence-electron chi connectivity index (χ3n) is 17.0. The van der Waals surface area contributed by atoms with Gasteiger partial charge in [0.15, 0.2) is 22.8 Å². The molecule has 1 saturated carbocycles. The number of benzene rings is 1. The van der Waals surface area contributed by atoms with Crippen LogP contribution in [0, 0.1) is 17.8 Å². The number of carboxylic acid groups (broad SMARTS) is 1. The van der Waals surface area contributed by atoms with Crippen molar-refractivity contribution >= 4 is 68.7 Å². The van der Waals surface area contributed by atoms with E-state index in [1.807, 2.05) is 71.9 Å². The van der Waals surface area contributed by atoms with E-state index < -0.39 is 111 Å². The van der Waals surface area contributed by atoms with Crippen LogP contribution < -0.4 is 16.1 Å². The SMILES string of the molecule is CO[C@]1(C)C[C@H](O[C@H]2[C@H](C)[C@@H](O[C@@H]3O[C@H](C)C[C@H](N(C)C)[C@H]3O)[C@](C)(O)C[C@@H](C)CN(C)[C@H](C)[C@@H](O)[C@](C)(O)[C@@H](I)OC(=O)[C@@H]2C)O[C@@H](C)[C@@H]1OC(=O)CCNCCOCCOCCNc1cc2c(=O)c(C(=O)O)cn(C3CC3)c2cc1Cl. The van der Waals surface area contributed by atoms with Crippen LogP contribution in [0.1, 0.15) is 117 Å². The standard InChI is InChI=1S/C58H93ClIN5O18/c1-31-27-56(7,73)50(82-54-47(68)43(63(10)11)24-32(2)78-54)33(3)48(34(4)53(72)83-55(60)58(9,74)49(69)35(5)64(12)29-31)81-45-28-57(8,75-13)51(36(6)79-45)80-44(66)16-17-61-18-20-76-22-23-77-21-19-62-41-25-38-42(26-40(41)59)65(37-14-15-37)30-39(46(38)67)52(70)71/h25-26,30-37,43,45,47-51,54-55,61-62,68-69,73-74H,14-24,27-29H2,1-13H3,(H,70,71)/t31-,32-,33+,34-,35-,36+,43+,45+,47-,48+,49-,50-,51+,54+,55+,56-,57-,58+/m1/s1. The molecular formula is C58H93ClIN5O18. The summed E-state index contributed by atoms with van der Waals surface area (Å²) in [6, 6.07) is 2.50. The average molecular weight is 1310 g/mol. The minimum absolute atomic E-state index is 0.0290. The molecule has 3 saturated heterocycles. The van der Waals surface area contributed by atoms with Gasteiger partial charge in [-0.15, -0.1) is 0 Å². The number of carbonyl (C=O) groups excluding carboxylic acids is 2. The number of pyridine rings is 1. The lowest BCUT2D eigenvalue weighted by molar-refractivity contribution is -0.318. The number of aliphatic hydroxyl groups excluding tert-OH is 2. The van der Waals surface area contributed by atoms with Crippen molar-refractivity contribution in [2.75, 3.05) is 86.2 Å². The summed E-state index contributed by atoms with van der Waals surface area (Å²) in [5.41, 5.74) is -4.42. The molecule has 25 heteroatoms. The number of ether oxygens (including phenoxy) is 9. The molecule has 3 aliphatic heterocycles. The Balaban J connectivity index is 1.03. The van der Waals surface area contributed by atoms with Crippen molar-refractivity contribution < 1.29 is 82.5 Å². The van der Waals surface area contributed by atoms with Gasteiger partial charge in [-0.05, 0) is 136 Å². The molecule has 1 aromatic carbocycles. The van der Waals surface area contributed by atoms with E-state index in [9.17, 15) is 44.7 Å². The molecule has 472 valence electrons. The van der Waals surface area contributed by atoms with E-state index in [0.717, 1.165) is 12.8 Å². The van der Waals surface area contributed by atoms with E-state index in [4.69, 9.17) is 54.2 Å². The molecule has 23 nitrogen and oxygen atoms in total. The van der Waals surface area contributed by atoms with Crippen molar-refractivity contribution in [3.05, 3.63) is 39.1 Å². The smallest absolute Gasteiger partial charge is 0.341 e. The maximum atomic E-state index is 14.4. The molecule has 0 radical (unpaired) electrons. The number of anilines is 1. The molecule has 0 spiro atoms. The zero-order valence-corrected chi connectivity index (χ0v) is 53.4. The van der Waals surface area contributed by atoms with Crippen LogP contribution in [-0.4, -0.2) is 227 Å². The summed E-state index contributed by atoms with van der Waals surface area (Å²) < 4.78 is 56.6. The van der Waals surface area contributed by atoms with E-state index in [2.05, 4.69) is 10.6 Å². The summed E-state index contributed by atoms with van der Waals surface area (Å²) in [7, 11) is 7.05. The third kappa shape index (κ3) is 17.5. The van der Waals surface area contributed by atoms with E-state index in [0.29, 0.717) is 75.3 Å². The first-order chi connectivity index (χ1) is 38.9. The average Bonchev–Trinajstić information content (AvgIpc) is 3.06. The molecular weight excluding hydrogens is 1220 g/mol. The number of halogens is 2. The van der Waals surface area contributed by atoms with Gasteiger partial charge in [0.05, 0.1) is 85.0 Å². The van der Waals surface area contributed by atoms with Crippen LogP contribution in [0.25, 0.3) is 10.9 Å². The molecule has 6 rings (SSSR count). The number of likely N-dealkylation sites (N-methyl/N-ethyl adjacent to an activating group) is 2. The van der Waals surface area contributed by atoms with Crippen molar-refractivity contribution in [3.63, 3.8) is 0 Å². The minimum atomic E-state index is -1.89. The molecule has 1 aromatic heterocycles. The molecule has 0 bridgehead atoms. The topological polar surface area (TPSA) is 288 Å². The van der Waals surface area contributed by atoms with Crippen molar-refractivity contribution in [1.29, 1.82) is 0 Å². The lowest BCUT2D eigenvalue weighted by atomic mass is 9.77. The summed E-state index contributed by atoms with van der Waals surface area (Å²) in [6.45, 7) is 18.4. The van der Waals surface area contributed by atoms with E-state index in [1.165, 1.54) is 20.2 Å². The highest BCUT2D eigenvalue weighted by Crippen LogP contribution is 2.42. The Morgan fingerprint density at radius 2 is 1.58 bits per heavy atom. The summed E-state index contributed by atoms with van der Waals surface area (Å²) in [4.78, 5) is 56.4. The molecule has 18 atom stereocenters. The Labute approximate surface area is 506 Å². The number of esters is 2. The predicted molar refractivity (Wildman–Crippen MR) is 318 cm³/mol. The summed E-state index contributed by atoms with van der Waals surface area (Å²) in [6.07, 6.45) is -4.92. The third-order valence-corrected chi connectivity index (χ3v) is 18.8. The summed E-state index contributed by atoms with van der Waals surface area (Å²) >= 11 is 8.39. The van der Waals surface area contributed by atoms with Crippen LogP contribution >= 0.6 is 34.2 Å². The first-order valence-electron chi connectivity index (χ1n) is 29.0. The largest absolute Gasteiger partial charge is 0.477 e. The second-order valence-electron chi connectivity index (χ2n) is 24.4. The molecule has 0 unspecified atom stereocenters. The Hall–Kier alpha value is -2.90. The number of aromatic carboxylic acids is 1. The first-order valence-corrected chi connectivity index (χ1v) is 30.6. The number of carboxylic acids is 1. The number of aliphatic hydroxyl groups is 4. The second kappa shape index (κ2) is 29.9. The fraction of sp³-hybridized carbons (Fsp3) is 0.793. The molecule has 1 aliphatic carbocycles. The molecule has 7 N–H and O–H groups in total. The van der Waals surface area contributed by atoms with E-state index >= 15 is 0 Å². The Bertz CT molecular complexity index is 2540.